The van der Waals surface area contributed by atoms with Crippen LogP contribution in [-0.4, -0.2) is 20.2 Å². The van der Waals surface area contributed by atoms with Gasteiger partial charge in [-0.05, 0) is 29.3 Å². The Bertz CT molecular complexity index is 813. The van der Waals surface area contributed by atoms with Crippen molar-refractivity contribution in [1.29, 1.82) is 5.26 Å². The molecule has 0 amide bonds. The molecule has 0 aliphatic carbocycles. The van der Waals surface area contributed by atoms with Gasteiger partial charge in [-0.3, -0.25) is 0 Å². The quantitative estimate of drug-likeness (QED) is 0.736. The van der Waals surface area contributed by atoms with Gasteiger partial charge in [0.15, 0.2) is 0 Å². The van der Waals surface area contributed by atoms with Crippen LogP contribution < -0.4 is 0 Å². The maximum absolute atomic E-state index is 9.10. The predicted molar refractivity (Wildman–Crippen MR) is 78.2 cm³/mol. The summed E-state index contributed by atoms with van der Waals surface area (Å²) in [6, 6.07) is 17.5. The summed E-state index contributed by atoms with van der Waals surface area (Å²) in [6.07, 6.45) is 0. The van der Waals surface area contributed by atoms with E-state index in [1.807, 2.05) is 49.4 Å². The molecule has 0 bridgehead atoms. The molecule has 21 heavy (non-hydrogen) atoms. The molecule has 0 N–H and O–H groups in total. The SMILES string of the molecule is Cc1ccccc1-c1nnn(Cc2ccccc2C#N)n1. The van der Waals surface area contributed by atoms with Gasteiger partial charge in [0.2, 0.25) is 5.82 Å². The van der Waals surface area contributed by atoms with Crippen LogP contribution in [0.15, 0.2) is 48.5 Å². The molecule has 0 atom stereocenters. The highest BCUT2D eigenvalue weighted by atomic mass is 15.6. The molecule has 0 aliphatic heterocycles. The molecular weight excluding hydrogens is 262 g/mol. The molecule has 1 aromatic heterocycles. The van der Waals surface area contributed by atoms with Gasteiger partial charge in [-0.1, -0.05) is 42.5 Å². The number of rotatable bonds is 3. The standard InChI is InChI=1S/C16H13N5/c1-12-6-2-5-9-15(12)16-18-20-21(19-16)11-14-8-4-3-7-13(14)10-17/h2-9H,11H2,1H3. The van der Waals surface area contributed by atoms with Crippen molar-refractivity contribution in [3.63, 3.8) is 0 Å². The minimum Gasteiger partial charge on any atom is -0.192 e. The first kappa shape index (κ1) is 13.0. The van der Waals surface area contributed by atoms with Crippen LogP contribution in [0.2, 0.25) is 0 Å². The average Bonchev–Trinajstić information content (AvgIpc) is 2.96. The highest BCUT2D eigenvalue weighted by molar-refractivity contribution is 5.58. The van der Waals surface area contributed by atoms with Crippen LogP contribution in [0.4, 0.5) is 0 Å². The maximum atomic E-state index is 9.10. The molecule has 0 fully saturated rings. The fraction of sp³-hybridized carbons (Fsp3) is 0.125. The van der Waals surface area contributed by atoms with Crippen molar-refractivity contribution in [2.24, 2.45) is 0 Å². The van der Waals surface area contributed by atoms with Crippen molar-refractivity contribution >= 4 is 0 Å². The number of hydrogen-bond donors (Lipinski definition) is 0. The lowest BCUT2D eigenvalue weighted by atomic mass is 10.1. The monoisotopic (exact) mass is 275 g/mol. The lowest BCUT2D eigenvalue weighted by molar-refractivity contribution is 0.572. The number of aryl methyl sites for hydroxylation is 1. The van der Waals surface area contributed by atoms with Gasteiger partial charge in [0, 0.05) is 5.56 Å². The number of aromatic nitrogens is 4. The maximum Gasteiger partial charge on any atom is 0.205 e. The van der Waals surface area contributed by atoms with Gasteiger partial charge in [0.25, 0.3) is 0 Å². The number of hydrogen-bond acceptors (Lipinski definition) is 4. The van der Waals surface area contributed by atoms with Crippen LogP contribution in [-0.2, 0) is 6.54 Å². The highest BCUT2D eigenvalue weighted by Gasteiger charge is 2.09. The second-order valence-corrected chi connectivity index (χ2v) is 4.73. The molecule has 0 spiro atoms. The van der Waals surface area contributed by atoms with E-state index in [-0.39, 0.29) is 0 Å². The number of nitriles is 1. The van der Waals surface area contributed by atoms with Crippen molar-refractivity contribution in [2.75, 3.05) is 0 Å². The molecule has 1 heterocycles. The summed E-state index contributed by atoms with van der Waals surface area (Å²) in [7, 11) is 0. The Balaban J connectivity index is 1.90. The Morgan fingerprint density at radius 1 is 1.10 bits per heavy atom. The number of nitrogens with zero attached hydrogens (tertiary/aromatic N) is 5. The minimum absolute atomic E-state index is 0.433. The predicted octanol–water partition coefficient (Wildman–Crippen LogP) is 2.57. The zero-order chi connectivity index (χ0) is 14.7. The first-order chi connectivity index (χ1) is 10.3. The van der Waals surface area contributed by atoms with E-state index >= 15 is 0 Å². The molecule has 0 unspecified atom stereocenters. The van der Waals surface area contributed by atoms with E-state index in [1.54, 1.807) is 6.07 Å². The third-order valence-corrected chi connectivity index (χ3v) is 3.29. The molecule has 102 valence electrons. The van der Waals surface area contributed by atoms with Crippen molar-refractivity contribution in [3.8, 4) is 17.5 Å². The molecule has 0 saturated heterocycles. The molecule has 0 saturated carbocycles. The Morgan fingerprint density at radius 2 is 1.86 bits per heavy atom. The summed E-state index contributed by atoms with van der Waals surface area (Å²) in [5.41, 5.74) is 3.59. The topological polar surface area (TPSA) is 67.4 Å². The molecule has 5 heteroatoms. The Hall–Kier alpha value is -3.00. The fourth-order valence-electron chi connectivity index (χ4n) is 2.16. The largest absolute Gasteiger partial charge is 0.205 e. The highest BCUT2D eigenvalue weighted by Crippen LogP contribution is 2.18. The Labute approximate surface area is 122 Å². The van der Waals surface area contributed by atoms with Gasteiger partial charge in [-0.25, -0.2) is 0 Å². The molecule has 2 aromatic carbocycles. The molecule has 0 aliphatic rings. The van der Waals surface area contributed by atoms with Crippen LogP contribution in [0.5, 0.6) is 0 Å². The van der Waals surface area contributed by atoms with E-state index in [4.69, 9.17) is 5.26 Å². The van der Waals surface area contributed by atoms with E-state index < -0.39 is 0 Å². The lowest BCUT2D eigenvalue weighted by Crippen LogP contribution is -2.05. The summed E-state index contributed by atoms with van der Waals surface area (Å²) in [6.45, 7) is 2.45. The van der Waals surface area contributed by atoms with E-state index in [0.29, 0.717) is 17.9 Å². The summed E-state index contributed by atoms with van der Waals surface area (Å²) in [5, 5.41) is 21.7. The van der Waals surface area contributed by atoms with Gasteiger partial charge in [-0.2, -0.15) is 10.1 Å². The van der Waals surface area contributed by atoms with E-state index in [0.717, 1.165) is 16.7 Å². The van der Waals surface area contributed by atoms with Crippen LogP contribution in [0, 0.1) is 18.3 Å². The van der Waals surface area contributed by atoms with Crippen LogP contribution in [0.3, 0.4) is 0 Å². The smallest absolute Gasteiger partial charge is 0.192 e. The third-order valence-electron chi connectivity index (χ3n) is 3.29. The summed E-state index contributed by atoms with van der Waals surface area (Å²) in [5.74, 6) is 0.600. The number of benzene rings is 2. The molecular formula is C16H13N5. The van der Waals surface area contributed by atoms with Crippen LogP contribution in [0.25, 0.3) is 11.4 Å². The molecule has 3 aromatic rings. The van der Waals surface area contributed by atoms with E-state index in [1.165, 1.54) is 4.80 Å². The molecule has 0 radical (unpaired) electrons. The first-order valence-electron chi connectivity index (χ1n) is 6.60. The van der Waals surface area contributed by atoms with Crippen LogP contribution in [0.1, 0.15) is 16.7 Å². The molecule has 3 rings (SSSR count). The van der Waals surface area contributed by atoms with E-state index in [2.05, 4.69) is 21.5 Å². The normalized spacial score (nSPS) is 10.3. The second kappa shape index (κ2) is 5.55. The van der Waals surface area contributed by atoms with Gasteiger partial charge < -0.3 is 0 Å². The zero-order valence-corrected chi connectivity index (χ0v) is 11.6. The van der Waals surface area contributed by atoms with Crippen molar-refractivity contribution in [2.45, 2.75) is 13.5 Å². The molecule has 5 nitrogen and oxygen atoms in total. The third kappa shape index (κ3) is 2.65. The van der Waals surface area contributed by atoms with Crippen molar-refractivity contribution < 1.29 is 0 Å². The van der Waals surface area contributed by atoms with Crippen molar-refractivity contribution in [1.82, 2.24) is 20.2 Å². The summed E-state index contributed by atoms with van der Waals surface area (Å²) in [4.78, 5) is 1.51. The fourth-order valence-corrected chi connectivity index (χ4v) is 2.16. The minimum atomic E-state index is 0.433. The second-order valence-electron chi connectivity index (χ2n) is 4.73. The van der Waals surface area contributed by atoms with E-state index in [9.17, 15) is 0 Å². The Kier molecular flexibility index (Phi) is 3.44. The summed E-state index contributed by atoms with van der Waals surface area (Å²) >= 11 is 0. The Morgan fingerprint density at radius 3 is 2.67 bits per heavy atom. The van der Waals surface area contributed by atoms with Crippen LogP contribution >= 0.6 is 0 Å². The summed E-state index contributed by atoms with van der Waals surface area (Å²) < 4.78 is 0. The van der Waals surface area contributed by atoms with Gasteiger partial charge >= 0.3 is 0 Å². The van der Waals surface area contributed by atoms with Gasteiger partial charge in [0.05, 0.1) is 18.2 Å². The lowest BCUT2D eigenvalue weighted by Gasteiger charge is -2.02. The van der Waals surface area contributed by atoms with Gasteiger partial charge in [0.1, 0.15) is 0 Å². The first-order valence-corrected chi connectivity index (χ1v) is 6.60. The van der Waals surface area contributed by atoms with Crippen molar-refractivity contribution in [3.05, 3.63) is 65.2 Å². The average molecular weight is 275 g/mol. The zero-order valence-electron chi connectivity index (χ0n) is 11.6. The number of tetrazole rings is 1. The van der Waals surface area contributed by atoms with Gasteiger partial charge in [-0.15, -0.1) is 10.2 Å².